The van der Waals surface area contributed by atoms with E-state index in [0.717, 1.165) is 5.02 Å². The molecule has 0 amide bonds. The minimum atomic E-state index is -0.463. The third-order valence-corrected chi connectivity index (χ3v) is 7.89. The van der Waals surface area contributed by atoms with E-state index in [9.17, 15) is 0 Å². The van der Waals surface area contributed by atoms with Crippen LogP contribution >= 0.6 is 30.1 Å². The Balaban J connectivity index is 1.95. The maximum Gasteiger partial charge on any atom is 0.0406 e. The summed E-state index contributed by atoms with van der Waals surface area (Å²) in [6.07, 6.45) is 0. The first-order chi connectivity index (χ1) is 10.3. The summed E-state index contributed by atoms with van der Waals surface area (Å²) < 4.78 is 0. The second-order valence-corrected chi connectivity index (χ2v) is 8.87. The molecule has 0 radical (unpaired) electrons. The van der Waals surface area contributed by atoms with Gasteiger partial charge in [0.1, 0.15) is 0 Å². The molecule has 3 aromatic rings. The van der Waals surface area contributed by atoms with Crippen molar-refractivity contribution in [3.8, 4) is 0 Å². The van der Waals surface area contributed by atoms with Crippen molar-refractivity contribution in [1.29, 1.82) is 0 Å². The molecule has 0 N–H and O–H groups in total. The van der Waals surface area contributed by atoms with Crippen LogP contribution in [0.1, 0.15) is 0 Å². The van der Waals surface area contributed by atoms with Gasteiger partial charge < -0.3 is 0 Å². The van der Waals surface area contributed by atoms with E-state index in [4.69, 9.17) is 11.6 Å². The van der Waals surface area contributed by atoms with E-state index in [2.05, 4.69) is 72.8 Å². The first-order valence-corrected chi connectivity index (χ1v) is 9.81. The number of hydrogen-bond acceptors (Lipinski definition) is 1. The molecule has 104 valence electrons. The fraction of sp³-hybridized carbons (Fsp3) is 0. The van der Waals surface area contributed by atoms with E-state index in [0.29, 0.717) is 0 Å². The highest BCUT2D eigenvalue weighted by molar-refractivity contribution is 8.60. The van der Waals surface area contributed by atoms with E-state index in [-0.39, 0.29) is 0 Å². The Hall–Kier alpha value is -1.27. The monoisotopic (exact) mass is 328 g/mol. The van der Waals surface area contributed by atoms with Crippen LogP contribution < -0.4 is 10.6 Å². The Kier molecular flexibility index (Phi) is 4.98. The summed E-state index contributed by atoms with van der Waals surface area (Å²) in [5.74, 6) is 0. The predicted molar refractivity (Wildman–Crippen MR) is 96.4 cm³/mol. The van der Waals surface area contributed by atoms with Crippen molar-refractivity contribution in [2.45, 2.75) is 4.90 Å². The summed E-state index contributed by atoms with van der Waals surface area (Å²) in [7, 11) is -0.463. The highest BCUT2D eigenvalue weighted by Gasteiger charge is 2.15. The third kappa shape index (κ3) is 3.89. The second-order valence-electron chi connectivity index (χ2n) is 4.51. The lowest BCUT2D eigenvalue weighted by Crippen LogP contribution is -2.08. The van der Waals surface area contributed by atoms with E-state index in [1.165, 1.54) is 15.5 Å². The van der Waals surface area contributed by atoms with Crippen LogP contribution in [-0.2, 0) is 0 Å². The molecule has 3 aromatic carbocycles. The molecule has 0 spiro atoms. The maximum absolute atomic E-state index is 5.98. The topological polar surface area (TPSA) is 0 Å². The van der Waals surface area contributed by atoms with E-state index >= 15 is 0 Å². The second kappa shape index (κ2) is 7.13. The minimum Gasteiger partial charge on any atom is -0.0888 e. The molecule has 0 aliphatic heterocycles. The van der Waals surface area contributed by atoms with Gasteiger partial charge in [-0.25, -0.2) is 0 Å². The highest BCUT2D eigenvalue weighted by atomic mass is 35.5. The van der Waals surface area contributed by atoms with Crippen LogP contribution in [0.15, 0.2) is 89.8 Å². The zero-order valence-electron chi connectivity index (χ0n) is 11.3. The van der Waals surface area contributed by atoms with Crippen LogP contribution in [0.25, 0.3) is 0 Å². The summed E-state index contributed by atoms with van der Waals surface area (Å²) in [4.78, 5) is 1.25. The van der Waals surface area contributed by atoms with Crippen molar-refractivity contribution in [2.75, 3.05) is 0 Å². The minimum absolute atomic E-state index is 0.463. The van der Waals surface area contributed by atoms with Gasteiger partial charge >= 0.3 is 0 Å². The summed E-state index contributed by atoms with van der Waals surface area (Å²) >= 11 is 7.89. The molecule has 3 heteroatoms. The molecule has 0 atom stereocenters. The van der Waals surface area contributed by atoms with Gasteiger partial charge in [0.15, 0.2) is 0 Å². The van der Waals surface area contributed by atoms with Crippen LogP contribution in [0.2, 0.25) is 5.02 Å². The van der Waals surface area contributed by atoms with Crippen LogP contribution in [0.5, 0.6) is 0 Å². The van der Waals surface area contributed by atoms with Crippen molar-refractivity contribution >= 4 is 40.7 Å². The Bertz CT molecular complexity index is 644. The van der Waals surface area contributed by atoms with Gasteiger partial charge in [0.2, 0.25) is 0 Å². The van der Waals surface area contributed by atoms with E-state index in [1.54, 1.807) is 0 Å². The van der Waals surface area contributed by atoms with Crippen molar-refractivity contribution in [3.63, 3.8) is 0 Å². The molecule has 0 nitrogen and oxygen atoms in total. The fourth-order valence-corrected chi connectivity index (χ4v) is 6.33. The predicted octanol–water partition coefficient (Wildman–Crippen LogP) is 5.48. The molecular formula is C18H14ClPS. The summed E-state index contributed by atoms with van der Waals surface area (Å²) in [6, 6.07) is 29.5. The van der Waals surface area contributed by atoms with Crippen molar-refractivity contribution in [2.24, 2.45) is 0 Å². The molecular weight excluding hydrogens is 315 g/mol. The molecule has 0 aliphatic carbocycles. The van der Waals surface area contributed by atoms with Gasteiger partial charge in [-0.1, -0.05) is 83.6 Å². The lowest BCUT2D eigenvalue weighted by molar-refractivity contribution is 1.48. The Morgan fingerprint density at radius 3 is 1.57 bits per heavy atom. The van der Waals surface area contributed by atoms with Crippen LogP contribution in [0, 0.1) is 0 Å². The standard InChI is InChI=1S/C18H14ClPS/c19-15-11-13-18(14-12-15)21-20(16-7-3-1-4-8-16)17-9-5-2-6-10-17/h1-14H. The average molecular weight is 329 g/mol. The quantitative estimate of drug-likeness (QED) is 0.571. The first-order valence-electron chi connectivity index (χ1n) is 6.67. The van der Waals surface area contributed by atoms with Gasteiger partial charge in [-0.05, 0) is 34.9 Å². The van der Waals surface area contributed by atoms with Crippen molar-refractivity contribution < 1.29 is 0 Å². The first kappa shape index (κ1) is 14.7. The zero-order valence-corrected chi connectivity index (χ0v) is 13.8. The molecule has 0 heterocycles. The van der Waals surface area contributed by atoms with Gasteiger partial charge in [0.05, 0.1) is 0 Å². The molecule has 0 unspecified atom stereocenters. The molecule has 0 saturated carbocycles. The third-order valence-electron chi connectivity index (χ3n) is 2.99. The van der Waals surface area contributed by atoms with E-state index < -0.39 is 7.12 Å². The Labute approximate surface area is 135 Å². The van der Waals surface area contributed by atoms with E-state index in [1.807, 2.05) is 23.5 Å². The molecule has 21 heavy (non-hydrogen) atoms. The summed E-state index contributed by atoms with van der Waals surface area (Å²) in [5.41, 5.74) is 0. The van der Waals surface area contributed by atoms with Crippen LogP contribution in [-0.4, -0.2) is 0 Å². The Morgan fingerprint density at radius 1 is 0.619 bits per heavy atom. The maximum atomic E-state index is 5.98. The number of rotatable bonds is 4. The average Bonchev–Trinajstić information content (AvgIpc) is 2.56. The zero-order chi connectivity index (χ0) is 14.5. The number of halogens is 1. The van der Waals surface area contributed by atoms with Gasteiger partial charge in [0, 0.05) is 17.0 Å². The van der Waals surface area contributed by atoms with Gasteiger partial charge in [-0.2, -0.15) is 0 Å². The van der Waals surface area contributed by atoms with Gasteiger partial charge in [0.25, 0.3) is 0 Å². The fourth-order valence-electron chi connectivity index (χ4n) is 1.98. The number of hydrogen-bond donors (Lipinski definition) is 0. The van der Waals surface area contributed by atoms with Crippen molar-refractivity contribution in [3.05, 3.63) is 90.0 Å². The normalized spacial score (nSPS) is 10.8. The molecule has 0 aromatic heterocycles. The molecule has 0 bridgehead atoms. The van der Waals surface area contributed by atoms with Gasteiger partial charge in [-0.3, -0.25) is 0 Å². The van der Waals surface area contributed by atoms with Crippen molar-refractivity contribution in [1.82, 2.24) is 0 Å². The lowest BCUT2D eigenvalue weighted by Gasteiger charge is -2.17. The lowest BCUT2D eigenvalue weighted by atomic mass is 10.4. The van der Waals surface area contributed by atoms with Crippen LogP contribution in [0.3, 0.4) is 0 Å². The molecule has 0 saturated heterocycles. The van der Waals surface area contributed by atoms with Gasteiger partial charge in [-0.15, -0.1) is 0 Å². The molecule has 0 aliphatic rings. The molecule has 3 rings (SSSR count). The van der Waals surface area contributed by atoms with Crippen LogP contribution in [0.4, 0.5) is 0 Å². The SMILES string of the molecule is Clc1ccc(SP(c2ccccc2)c2ccccc2)cc1. The largest absolute Gasteiger partial charge is 0.0888 e. The Morgan fingerprint density at radius 2 is 1.10 bits per heavy atom. The summed E-state index contributed by atoms with van der Waals surface area (Å²) in [5, 5.41) is 3.53. The summed E-state index contributed by atoms with van der Waals surface area (Å²) in [6.45, 7) is 0. The molecule has 0 fully saturated rings. The number of benzene rings is 3. The highest BCUT2D eigenvalue weighted by Crippen LogP contribution is 2.51. The smallest absolute Gasteiger partial charge is 0.0406 e.